The third-order valence-electron chi connectivity index (χ3n) is 2.61. The molecule has 108 valence electrons. The lowest BCUT2D eigenvalue weighted by Gasteiger charge is -2.16. The molecule has 0 aliphatic carbocycles. The molecule has 0 saturated heterocycles. The number of pyridine rings is 1. The van der Waals surface area contributed by atoms with Crippen molar-refractivity contribution in [3.63, 3.8) is 0 Å². The Labute approximate surface area is 113 Å². The van der Waals surface area contributed by atoms with Crippen molar-refractivity contribution >= 4 is 11.6 Å². The largest absolute Gasteiger partial charge is 0.416 e. The predicted octanol–water partition coefficient (Wildman–Crippen LogP) is 2.38. The van der Waals surface area contributed by atoms with Crippen molar-refractivity contribution in [3.8, 4) is 0 Å². The van der Waals surface area contributed by atoms with E-state index in [-0.39, 0.29) is 17.7 Å². The first-order chi connectivity index (χ1) is 9.34. The van der Waals surface area contributed by atoms with E-state index >= 15 is 0 Å². The third-order valence-corrected chi connectivity index (χ3v) is 2.61. The van der Waals surface area contributed by atoms with Crippen LogP contribution in [0.25, 0.3) is 0 Å². The summed E-state index contributed by atoms with van der Waals surface area (Å²) in [6.07, 6.45) is 0.590. The Kier molecular flexibility index (Phi) is 3.82. The highest BCUT2D eigenvalue weighted by molar-refractivity contribution is 5.47. The van der Waals surface area contributed by atoms with E-state index in [1.54, 1.807) is 18.7 Å². The average molecular weight is 285 g/mol. The Morgan fingerprint density at radius 3 is 2.75 bits per heavy atom. The zero-order valence-electron chi connectivity index (χ0n) is 10.7. The van der Waals surface area contributed by atoms with Crippen LogP contribution in [-0.2, 0) is 12.7 Å². The molecule has 20 heavy (non-hydrogen) atoms. The van der Waals surface area contributed by atoms with Gasteiger partial charge in [-0.1, -0.05) is 0 Å². The predicted molar refractivity (Wildman–Crippen MR) is 69.0 cm³/mol. The van der Waals surface area contributed by atoms with Gasteiger partial charge in [-0.25, -0.2) is 9.97 Å². The van der Waals surface area contributed by atoms with Crippen LogP contribution < -0.4 is 11.1 Å². The van der Waals surface area contributed by atoms with Crippen molar-refractivity contribution in [1.82, 2.24) is 14.5 Å². The Hall–Kier alpha value is -2.25. The van der Waals surface area contributed by atoms with Crippen LogP contribution in [0.5, 0.6) is 0 Å². The molecule has 0 aliphatic heterocycles. The van der Waals surface area contributed by atoms with E-state index in [0.29, 0.717) is 6.54 Å². The molecule has 0 spiro atoms. The van der Waals surface area contributed by atoms with Crippen LogP contribution in [0.3, 0.4) is 0 Å². The summed E-state index contributed by atoms with van der Waals surface area (Å²) in [6, 6.07) is 1.63. The van der Waals surface area contributed by atoms with Gasteiger partial charge in [0, 0.05) is 25.0 Å². The van der Waals surface area contributed by atoms with Crippen molar-refractivity contribution < 1.29 is 13.2 Å². The second kappa shape index (κ2) is 5.40. The van der Waals surface area contributed by atoms with Crippen molar-refractivity contribution in [3.05, 3.63) is 36.4 Å². The Morgan fingerprint density at radius 1 is 1.40 bits per heavy atom. The van der Waals surface area contributed by atoms with Crippen molar-refractivity contribution in [2.45, 2.75) is 25.7 Å². The summed E-state index contributed by atoms with van der Waals surface area (Å²) in [7, 11) is 0. The van der Waals surface area contributed by atoms with Gasteiger partial charge in [-0.3, -0.25) is 0 Å². The molecule has 5 nitrogen and oxygen atoms in total. The van der Waals surface area contributed by atoms with E-state index in [2.05, 4.69) is 15.3 Å². The zero-order valence-corrected chi connectivity index (χ0v) is 10.7. The summed E-state index contributed by atoms with van der Waals surface area (Å²) in [5.41, 5.74) is 4.58. The molecule has 0 aliphatic rings. The minimum Gasteiger partial charge on any atom is -0.384 e. The fourth-order valence-electron chi connectivity index (χ4n) is 1.80. The first-order valence-corrected chi connectivity index (χ1v) is 5.91. The van der Waals surface area contributed by atoms with Gasteiger partial charge in [0.2, 0.25) is 0 Å². The summed E-state index contributed by atoms with van der Waals surface area (Å²) in [5.74, 6) is -0.0675. The maximum Gasteiger partial charge on any atom is 0.416 e. The minimum atomic E-state index is -4.44. The molecule has 0 bridgehead atoms. The van der Waals surface area contributed by atoms with E-state index in [4.69, 9.17) is 5.73 Å². The number of anilines is 2. The molecule has 0 fully saturated rings. The van der Waals surface area contributed by atoms with E-state index in [1.165, 1.54) is 0 Å². The van der Waals surface area contributed by atoms with Crippen molar-refractivity contribution in [1.29, 1.82) is 0 Å². The number of alkyl halides is 3. The summed E-state index contributed by atoms with van der Waals surface area (Å²) < 4.78 is 39.8. The smallest absolute Gasteiger partial charge is 0.384 e. The van der Waals surface area contributed by atoms with Gasteiger partial charge in [0.15, 0.2) is 0 Å². The number of hydrogen-bond acceptors (Lipinski definition) is 4. The number of aromatic nitrogens is 3. The maximum absolute atomic E-state index is 12.7. The maximum atomic E-state index is 12.7. The Balaban J connectivity index is 2.11. The van der Waals surface area contributed by atoms with Crippen LogP contribution >= 0.6 is 0 Å². The molecule has 1 atom stereocenters. The second-order valence-corrected chi connectivity index (χ2v) is 4.47. The average Bonchev–Trinajstić information content (AvgIpc) is 2.79. The summed E-state index contributed by atoms with van der Waals surface area (Å²) in [4.78, 5) is 7.75. The molecule has 1 unspecified atom stereocenters. The van der Waals surface area contributed by atoms with E-state index in [0.717, 1.165) is 12.1 Å². The Bertz CT molecular complexity index is 565. The van der Waals surface area contributed by atoms with Gasteiger partial charge in [-0.05, 0) is 19.1 Å². The topological polar surface area (TPSA) is 68.8 Å². The molecular weight excluding hydrogens is 271 g/mol. The number of imidazole rings is 1. The number of hydrogen-bond donors (Lipinski definition) is 2. The van der Waals surface area contributed by atoms with Crippen molar-refractivity contribution in [2.75, 3.05) is 11.1 Å². The number of rotatable bonds is 4. The molecule has 0 radical (unpaired) electrons. The van der Waals surface area contributed by atoms with Gasteiger partial charge < -0.3 is 15.6 Å². The fraction of sp³-hybridized carbons (Fsp3) is 0.333. The molecule has 2 aromatic heterocycles. The van der Waals surface area contributed by atoms with Crippen LogP contribution in [0.1, 0.15) is 12.5 Å². The molecule has 3 N–H and O–H groups in total. The SMILES string of the molecule is CC(Cn1ccnc1)Nc1cc(C(F)(F)F)cc(N)n1. The van der Waals surface area contributed by atoms with Gasteiger partial charge in [-0.2, -0.15) is 13.2 Å². The van der Waals surface area contributed by atoms with Gasteiger partial charge in [-0.15, -0.1) is 0 Å². The van der Waals surface area contributed by atoms with Crippen LogP contribution in [0.2, 0.25) is 0 Å². The van der Waals surface area contributed by atoms with Gasteiger partial charge >= 0.3 is 6.18 Å². The first-order valence-electron chi connectivity index (χ1n) is 5.91. The van der Waals surface area contributed by atoms with Crippen LogP contribution in [0.15, 0.2) is 30.9 Å². The quantitative estimate of drug-likeness (QED) is 0.905. The molecule has 0 aromatic carbocycles. The van der Waals surface area contributed by atoms with Gasteiger partial charge in [0.1, 0.15) is 11.6 Å². The number of nitrogens with one attached hydrogen (secondary N) is 1. The van der Waals surface area contributed by atoms with Crippen LogP contribution in [0.4, 0.5) is 24.8 Å². The lowest BCUT2D eigenvalue weighted by molar-refractivity contribution is -0.137. The number of nitrogens with zero attached hydrogens (tertiary/aromatic N) is 3. The highest BCUT2D eigenvalue weighted by Gasteiger charge is 2.31. The lowest BCUT2D eigenvalue weighted by atomic mass is 10.2. The van der Waals surface area contributed by atoms with E-state index in [1.807, 2.05) is 11.5 Å². The van der Waals surface area contributed by atoms with Gasteiger partial charge in [0.25, 0.3) is 0 Å². The second-order valence-electron chi connectivity index (χ2n) is 4.47. The van der Waals surface area contributed by atoms with Crippen LogP contribution in [-0.4, -0.2) is 20.6 Å². The first kappa shape index (κ1) is 14.2. The minimum absolute atomic E-state index is 0.102. The zero-order chi connectivity index (χ0) is 14.8. The monoisotopic (exact) mass is 285 g/mol. The molecule has 0 saturated carbocycles. The van der Waals surface area contributed by atoms with Crippen LogP contribution in [0, 0.1) is 0 Å². The van der Waals surface area contributed by atoms with Crippen molar-refractivity contribution in [2.24, 2.45) is 0 Å². The lowest BCUT2D eigenvalue weighted by Crippen LogP contribution is -2.22. The molecule has 2 heterocycles. The third kappa shape index (κ3) is 3.62. The van der Waals surface area contributed by atoms with E-state index in [9.17, 15) is 13.2 Å². The standard InChI is InChI=1S/C12H14F3N5/c1-8(6-20-3-2-17-7-20)18-11-5-9(12(13,14)15)4-10(16)19-11/h2-5,7-8H,6H2,1H3,(H3,16,18,19). The normalized spacial score (nSPS) is 13.2. The molecule has 8 heteroatoms. The van der Waals surface area contributed by atoms with E-state index < -0.39 is 11.7 Å². The number of nitrogens with two attached hydrogens (primary N) is 1. The Morgan fingerprint density at radius 2 is 2.15 bits per heavy atom. The number of nitrogen functional groups attached to an aromatic ring is 1. The molecule has 0 amide bonds. The summed E-state index contributed by atoms with van der Waals surface area (Å²) in [6.45, 7) is 2.38. The summed E-state index contributed by atoms with van der Waals surface area (Å²) in [5, 5.41) is 2.89. The summed E-state index contributed by atoms with van der Waals surface area (Å²) >= 11 is 0. The highest BCUT2D eigenvalue weighted by Crippen LogP contribution is 2.31. The fourth-order valence-corrected chi connectivity index (χ4v) is 1.80. The molecule has 2 aromatic rings. The molecule has 2 rings (SSSR count). The number of halogens is 3. The highest BCUT2D eigenvalue weighted by atomic mass is 19.4. The van der Waals surface area contributed by atoms with Gasteiger partial charge in [0.05, 0.1) is 11.9 Å². The molecular formula is C12H14F3N5.